The number of benzene rings is 1. The Morgan fingerprint density at radius 3 is 2.52 bits per heavy atom. The van der Waals surface area contributed by atoms with Gasteiger partial charge in [-0.1, -0.05) is 0 Å². The van der Waals surface area contributed by atoms with Crippen LogP contribution in [0.2, 0.25) is 0 Å². The molecule has 142 valence electrons. The van der Waals surface area contributed by atoms with Gasteiger partial charge < -0.3 is 4.57 Å². The van der Waals surface area contributed by atoms with E-state index in [1.807, 2.05) is 12.1 Å². The van der Waals surface area contributed by atoms with E-state index in [4.69, 9.17) is 0 Å². The molecule has 5 rings (SSSR count). The highest BCUT2D eigenvalue weighted by molar-refractivity contribution is 5.93. The smallest absolute Gasteiger partial charge is 0.262 e. The first-order chi connectivity index (χ1) is 14.1. The molecule has 29 heavy (non-hydrogen) atoms. The summed E-state index contributed by atoms with van der Waals surface area (Å²) >= 11 is 0. The van der Waals surface area contributed by atoms with E-state index in [1.165, 1.54) is 12.1 Å². The average Bonchev–Trinajstić information content (AvgIpc) is 3.10. The molecule has 1 aromatic carbocycles. The summed E-state index contributed by atoms with van der Waals surface area (Å²) in [6.45, 7) is 2.16. The van der Waals surface area contributed by atoms with Gasteiger partial charge in [0.2, 0.25) is 0 Å². The number of hydrogen-bond acceptors (Lipinski definition) is 5. The van der Waals surface area contributed by atoms with Crippen molar-refractivity contribution in [2.75, 3.05) is 0 Å². The van der Waals surface area contributed by atoms with Crippen LogP contribution in [-0.4, -0.2) is 29.1 Å². The lowest BCUT2D eigenvalue weighted by Gasteiger charge is -2.11. The van der Waals surface area contributed by atoms with Crippen LogP contribution < -0.4 is 5.56 Å². The first kappa shape index (κ1) is 17.2. The zero-order chi connectivity index (χ0) is 20.0. The van der Waals surface area contributed by atoms with E-state index in [0.717, 1.165) is 5.56 Å². The second-order valence-electron chi connectivity index (χ2n) is 6.70. The van der Waals surface area contributed by atoms with Gasteiger partial charge in [0.05, 0.1) is 23.1 Å². The van der Waals surface area contributed by atoms with Crippen LogP contribution in [0.25, 0.3) is 27.9 Å². The molecule has 0 bridgehead atoms. The molecule has 0 atom stereocenters. The Bertz CT molecular complexity index is 1410. The minimum Gasteiger partial charge on any atom is -0.310 e. The molecule has 5 aromatic rings. The number of hydrogen-bond donors (Lipinski definition) is 0. The predicted molar refractivity (Wildman–Crippen MR) is 106 cm³/mol. The molecule has 8 heteroatoms. The fourth-order valence-corrected chi connectivity index (χ4v) is 3.40. The number of rotatable bonds is 3. The molecule has 4 heterocycles. The SMILES string of the molecule is Cc1nc2nc3ccn(Cc4ccncc4)c(=O)c3c(-c3ccc(F)cc3)n2n1. The largest absolute Gasteiger partial charge is 0.310 e. The Morgan fingerprint density at radius 1 is 1.00 bits per heavy atom. The molecular formula is C21H15FN6O. The van der Waals surface area contributed by atoms with E-state index < -0.39 is 0 Å². The van der Waals surface area contributed by atoms with Crippen LogP contribution in [0.3, 0.4) is 0 Å². The molecule has 0 aliphatic rings. The van der Waals surface area contributed by atoms with Gasteiger partial charge in [0.15, 0.2) is 0 Å². The van der Waals surface area contributed by atoms with Crippen molar-refractivity contribution in [2.24, 2.45) is 0 Å². The maximum Gasteiger partial charge on any atom is 0.262 e. The summed E-state index contributed by atoms with van der Waals surface area (Å²) < 4.78 is 16.7. The highest BCUT2D eigenvalue weighted by Crippen LogP contribution is 2.26. The summed E-state index contributed by atoms with van der Waals surface area (Å²) in [5.74, 6) is 0.571. The standard InChI is InChI=1S/C21H15FN6O/c1-13-24-21-25-17-8-11-27(12-14-6-9-23-10-7-14)20(29)18(17)19(28(21)26-13)15-2-4-16(22)5-3-15/h2-11H,12H2,1H3. The number of aryl methyl sites for hydroxylation is 1. The van der Waals surface area contributed by atoms with Crippen LogP contribution in [0.4, 0.5) is 4.39 Å². The average molecular weight is 386 g/mol. The molecule has 4 aromatic heterocycles. The summed E-state index contributed by atoms with van der Waals surface area (Å²) in [6.07, 6.45) is 5.09. The van der Waals surface area contributed by atoms with Gasteiger partial charge in [-0.15, -0.1) is 5.10 Å². The number of halogens is 1. The van der Waals surface area contributed by atoms with Gasteiger partial charge in [-0.3, -0.25) is 9.78 Å². The van der Waals surface area contributed by atoms with Crippen molar-refractivity contribution in [2.45, 2.75) is 13.5 Å². The number of pyridine rings is 2. The van der Waals surface area contributed by atoms with Crippen LogP contribution in [0.1, 0.15) is 11.4 Å². The number of aromatic nitrogens is 6. The predicted octanol–water partition coefficient (Wildman–Crippen LogP) is 3.00. The van der Waals surface area contributed by atoms with Crippen LogP contribution in [0.15, 0.2) is 65.8 Å². The lowest BCUT2D eigenvalue weighted by Crippen LogP contribution is -2.22. The Hall–Kier alpha value is -3.94. The monoisotopic (exact) mass is 386 g/mol. The topological polar surface area (TPSA) is 78.0 Å². The maximum absolute atomic E-state index is 13.5. The van der Waals surface area contributed by atoms with E-state index in [2.05, 4.69) is 20.1 Å². The van der Waals surface area contributed by atoms with Crippen molar-refractivity contribution >= 4 is 16.7 Å². The summed E-state index contributed by atoms with van der Waals surface area (Å²) in [5, 5.41) is 4.82. The molecule has 0 amide bonds. The van der Waals surface area contributed by atoms with Crippen LogP contribution in [0.5, 0.6) is 0 Å². The molecular weight excluding hydrogens is 371 g/mol. The number of fused-ring (bicyclic) bond motifs is 2. The van der Waals surface area contributed by atoms with Gasteiger partial charge in [-0.25, -0.2) is 9.37 Å². The van der Waals surface area contributed by atoms with E-state index in [9.17, 15) is 9.18 Å². The van der Waals surface area contributed by atoms with Crippen molar-refractivity contribution < 1.29 is 4.39 Å². The Balaban J connectivity index is 1.83. The lowest BCUT2D eigenvalue weighted by atomic mass is 10.1. The second-order valence-corrected chi connectivity index (χ2v) is 6.70. The minimum atomic E-state index is -0.353. The molecule has 0 saturated carbocycles. The maximum atomic E-state index is 13.5. The van der Waals surface area contributed by atoms with Gasteiger partial charge in [0, 0.05) is 24.2 Å². The van der Waals surface area contributed by atoms with Crippen LogP contribution >= 0.6 is 0 Å². The third-order valence-electron chi connectivity index (χ3n) is 4.73. The molecule has 0 N–H and O–H groups in total. The Morgan fingerprint density at radius 2 is 1.76 bits per heavy atom. The normalized spacial score (nSPS) is 11.4. The summed E-state index contributed by atoms with van der Waals surface area (Å²) in [6, 6.07) is 11.5. The van der Waals surface area contributed by atoms with Gasteiger partial charge in [-0.05, 0) is 55.0 Å². The van der Waals surface area contributed by atoms with Gasteiger partial charge in [-0.2, -0.15) is 9.50 Å². The van der Waals surface area contributed by atoms with Gasteiger partial charge in [0.1, 0.15) is 11.6 Å². The Labute approximate surface area is 164 Å². The van der Waals surface area contributed by atoms with E-state index in [-0.39, 0.29) is 11.4 Å². The van der Waals surface area contributed by atoms with Crippen LogP contribution in [-0.2, 0) is 6.54 Å². The zero-order valence-corrected chi connectivity index (χ0v) is 15.5. The summed E-state index contributed by atoms with van der Waals surface area (Å²) in [4.78, 5) is 26.3. The van der Waals surface area contributed by atoms with Gasteiger partial charge >= 0.3 is 0 Å². The molecule has 0 saturated heterocycles. The first-order valence-electron chi connectivity index (χ1n) is 9.01. The molecule has 0 spiro atoms. The van der Waals surface area contributed by atoms with E-state index >= 15 is 0 Å². The zero-order valence-electron chi connectivity index (χ0n) is 15.5. The van der Waals surface area contributed by atoms with Crippen molar-refractivity contribution in [1.29, 1.82) is 0 Å². The second kappa shape index (κ2) is 6.59. The molecule has 0 unspecified atom stereocenters. The fourth-order valence-electron chi connectivity index (χ4n) is 3.40. The summed E-state index contributed by atoms with van der Waals surface area (Å²) in [5.41, 5.74) is 2.46. The molecule has 0 aliphatic heterocycles. The number of nitrogens with zero attached hydrogens (tertiary/aromatic N) is 6. The van der Waals surface area contributed by atoms with Crippen molar-refractivity contribution in [1.82, 2.24) is 29.1 Å². The van der Waals surface area contributed by atoms with Gasteiger partial charge in [0.25, 0.3) is 11.3 Å². The minimum absolute atomic E-state index is 0.207. The highest BCUT2D eigenvalue weighted by Gasteiger charge is 2.18. The third kappa shape index (κ3) is 2.94. The fraction of sp³-hybridized carbons (Fsp3) is 0.0952. The highest BCUT2D eigenvalue weighted by atomic mass is 19.1. The van der Waals surface area contributed by atoms with Crippen molar-refractivity contribution in [3.05, 3.63) is 88.6 Å². The third-order valence-corrected chi connectivity index (χ3v) is 4.73. The molecule has 0 fully saturated rings. The van der Waals surface area contributed by atoms with Crippen molar-refractivity contribution in [3.8, 4) is 11.3 Å². The molecule has 0 aliphatic carbocycles. The first-order valence-corrected chi connectivity index (χ1v) is 9.01. The quantitative estimate of drug-likeness (QED) is 0.476. The van der Waals surface area contributed by atoms with E-state index in [1.54, 1.807) is 52.8 Å². The molecule has 7 nitrogen and oxygen atoms in total. The summed E-state index contributed by atoms with van der Waals surface area (Å²) in [7, 11) is 0. The van der Waals surface area contributed by atoms with Crippen molar-refractivity contribution in [3.63, 3.8) is 0 Å². The lowest BCUT2D eigenvalue weighted by molar-refractivity contribution is 0.628. The Kier molecular flexibility index (Phi) is 3.90. The van der Waals surface area contributed by atoms with Crippen LogP contribution in [0, 0.1) is 12.7 Å². The van der Waals surface area contributed by atoms with E-state index in [0.29, 0.717) is 40.3 Å². The molecule has 0 radical (unpaired) electrons.